The molecular weight excluding hydrogens is 369 g/mol. The van der Waals surface area contributed by atoms with Crippen LogP contribution in [-0.4, -0.2) is 17.4 Å². The summed E-state index contributed by atoms with van der Waals surface area (Å²) < 4.78 is 0. The normalized spacial score (nSPS) is 12.8. The second-order valence-electron chi connectivity index (χ2n) is 6.02. The highest BCUT2D eigenvalue weighted by Crippen LogP contribution is 2.32. The molecule has 0 fully saturated rings. The van der Waals surface area contributed by atoms with E-state index in [4.69, 9.17) is 23.2 Å². The van der Waals surface area contributed by atoms with Gasteiger partial charge in [-0.3, -0.25) is 9.78 Å². The van der Waals surface area contributed by atoms with Gasteiger partial charge >= 0.3 is 0 Å². The van der Waals surface area contributed by atoms with Crippen LogP contribution in [0.1, 0.15) is 15.9 Å². The number of carbonyl (C=O) groups is 1. The molecule has 0 saturated heterocycles. The lowest BCUT2D eigenvalue weighted by Crippen LogP contribution is -2.29. The Morgan fingerprint density at radius 1 is 1.08 bits per heavy atom. The monoisotopic (exact) mass is 383 g/mol. The van der Waals surface area contributed by atoms with Gasteiger partial charge in [0.15, 0.2) is 0 Å². The maximum atomic E-state index is 12.9. The van der Waals surface area contributed by atoms with E-state index in [2.05, 4.69) is 16.4 Å². The first-order valence-electron chi connectivity index (χ1n) is 8.19. The summed E-state index contributed by atoms with van der Waals surface area (Å²) in [4.78, 5) is 18.9. The number of fused-ring (bicyclic) bond motifs is 1. The fourth-order valence-corrected chi connectivity index (χ4v) is 3.43. The first-order valence-corrected chi connectivity index (χ1v) is 8.95. The molecule has 0 radical (unpaired) electrons. The highest BCUT2D eigenvalue weighted by molar-refractivity contribution is 6.43. The van der Waals surface area contributed by atoms with Gasteiger partial charge in [-0.15, -0.1) is 0 Å². The zero-order chi connectivity index (χ0) is 18.1. The molecular formula is C20H15Cl2N3O. The van der Waals surface area contributed by atoms with E-state index in [9.17, 15) is 4.79 Å². The molecule has 2 aromatic carbocycles. The van der Waals surface area contributed by atoms with Gasteiger partial charge in [-0.1, -0.05) is 47.5 Å². The van der Waals surface area contributed by atoms with Crippen LogP contribution < -0.4 is 10.2 Å². The SMILES string of the molecule is O=C(c1cncc(Nc2cccc(Cl)c2Cl)c1)N1CCc2ccccc21. The Labute approximate surface area is 161 Å². The molecule has 0 saturated carbocycles. The maximum Gasteiger partial charge on any atom is 0.259 e. The molecule has 130 valence electrons. The first-order chi connectivity index (χ1) is 12.6. The molecule has 2 heterocycles. The Morgan fingerprint density at radius 3 is 2.81 bits per heavy atom. The number of anilines is 3. The average Bonchev–Trinajstić information content (AvgIpc) is 3.09. The number of amides is 1. The van der Waals surface area contributed by atoms with Crippen LogP contribution in [-0.2, 0) is 6.42 Å². The van der Waals surface area contributed by atoms with Gasteiger partial charge in [-0.05, 0) is 36.2 Å². The van der Waals surface area contributed by atoms with Crippen LogP contribution in [0.4, 0.5) is 17.1 Å². The van der Waals surface area contributed by atoms with Gasteiger partial charge in [0, 0.05) is 18.4 Å². The summed E-state index contributed by atoms with van der Waals surface area (Å²) in [7, 11) is 0. The Morgan fingerprint density at radius 2 is 1.92 bits per heavy atom. The molecule has 1 aromatic heterocycles. The van der Waals surface area contributed by atoms with Crippen molar-refractivity contribution in [3.63, 3.8) is 0 Å². The van der Waals surface area contributed by atoms with Crippen LogP contribution in [0.25, 0.3) is 0 Å². The molecule has 1 aliphatic rings. The Hall–Kier alpha value is -2.56. The molecule has 26 heavy (non-hydrogen) atoms. The average molecular weight is 384 g/mol. The molecule has 1 N–H and O–H groups in total. The minimum absolute atomic E-state index is 0.0664. The zero-order valence-electron chi connectivity index (χ0n) is 13.7. The Bertz CT molecular complexity index is 990. The van der Waals surface area contributed by atoms with Gasteiger partial charge in [0.05, 0.1) is 33.2 Å². The van der Waals surface area contributed by atoms with Crippen molar-refractivity contribution in [2.75, 3.05) is 16.8 Å². The molecule has 3 aromatic rings. The summed E-state index contributed by atoms with van der Waals surface area (Å²) in [6, 6.07) is 15.1. The van der Waals surface area contributed by atoms with Crippen molar-refractivity contribution in [2.45, 2.75) is 6.42 Å². The third kappa shape index (κ3) is 3.14. The number of pyridine rings is 1. The van der Waals surface area contributed by atoms with Crippen LogP contribution in [0.15, 0.2) is 60.9 Å². The van der Waals surface area contributed by atoms with Crippen molar-refractivity contribution in [1.82, 2.24) is 4.98 Å². The van der Waals surface area contributed by atoms with Crippen LogP contribution in [0, 0.1) is 0 Å². The number of hydrogen-bond donors (Lipinski definition) is 1. The molecule has 0 bridgehead atoms. The standard InChI is InChI=1S/C20H15Cl2N3O/c21-16-5-3-6-17(19(16)22)24-15-10-14(11-23-12-15)20(26)25-9-8-13-4-1-2-7-18(13)25/h1-7,10-12,24H,8-9H2. The van der Waals surface area contributed by atoms with Crippen molar-refractivity contribution < 1.29 is 4.79 Å². The Balaban J connectivity index is 1.60. The number of rotatable bonds is 3. The van der Waals surface area contributed by atoms with Gasteiger partial charge in [-0.2, -0.15) is 0 Å². The summed E-state index contributed by atoms with van der Waals surface area (Å²) >= 11 is 12.3. The number of halogens is 2. The van der Waals surface area contributed by atoms with E-state index in [-0.39, 0.29) is 5.91 Å². The molecule has 1 amide bonds. The lowest BCUT2D eigenvalue weighted by molar-refractivity contribution is 0.0989. The number of benzene rings is 2. The summed E-state index contributed by atoms with van der Waals surface area (Å²) in [5.74, 6) is -0.0664. The summed E-state index contributed by atoms with van der Waals surface area (Å²) in [5, 5.41) is 4.06. The fraction of sp³-hybridized carbons (Fsp3) is 0.100. The first kappa shape index (κ1) is 16.9. The molecule has 1 aliphatic heterocycles. The lowest BCUT2D eigenvalue weighted by Gasteiger charge is -2.18. The minimum atomic E-state index is -0.0664. The molecule has 0 aliphatic carbocycles. The number of para-hydroxylation sites is 1. The van der Waals surface area contributed by atoms with E-state index in [1.165, 1.54) is 5.56 Å². The smallest absolute Gasteiger partial charge is 0.259 e. The van der Waals surface area contributed by atoms with Crippen molar-refractivity contribution in [1.29, 1.82) is 0 Å². The zero-order valence-corrected chi connectivity index (χ0v) is 15.3. The molecule has 0 atom stereocenters. The third-order valence-corrected chi connectivity index (χ3v) is 5.17. The van der Waals surface area contributed by atoms with Crippen LogP contribution in [0.2, 0.25) is 10.0 Å². The summed E-state index contributed by atoms with van der Waals surface area (Å²) in [6.45, 7) is 0.677. The molecule has 0 unspecified atom stereocenters. The Kier molecular flexibility index (Phi) is 4.53. The number of hydrogen-bond acceptors (Lipinski definition) is 3. The van der Waals surface area contributed by atoms with Crippen LogP contribution >= 0.6 is 23.2 Å². The van der Waals surface area contributed by atoms with Gasteiger partial charge in [-0.25, -0.2) is 0 Å². The maximum absolute atomic E-state index is 12.9. The highest BCUT2D eigenvalue weighted by Gasteiger charge is 2.25. The second kappa shape index (κ2) is 6.98. The van der Waals surface area contributed by atoms with Gasteiger partial charge in [0.2, 0.25) is 0 Å². The van der Waals surface area contributed by atoms with Crippen LogP contribution in [0.3, 0.4) is 0 Å². The van der Waals surface area contributed by atoms with Crippen molar-refractivity contribution >= 4 is 46.2 Å². The molecule has 4 nitrogen and oxygen atoms in total. The number of carbonyl (C=O) groups excluding carboxylic acids is 1. The van der Waals surface area contributed by atoms with E-state index in [0.29, 0.717) is 33.5 Å². The third-order valence-electron chi connectivity index (χ3n) is 4.35. The highest BCUT2D eigenvalue weighted by atomic mass is 35.5. The molecule has 0 spiro atoms. The largest absolute Gasteiger partial charge is 0.353 e. The topological polar surface area (TPSA) is 45.2 Å². The summed E-state index contributed by atoms with van der Waals surface area (Å²) in [6.07, 6.45) is 4.09. The van der Waals surface area contributed by atoms with Gasteiger partial charge in [0.25, 0.3) is 5.91 Å². The van der Waals surface area contributed by atoms with Gasteiger partial charge in [0.1, 0.15) is 0 Å². The van der Waals surface area contributed by atoms with E-state index in [1.54, 1.807) is 35.5 Å². The van der Waals surface area contributed by atoms with Gasteiger partial charge < -0.3 is 10.2 Å². The van der Waals surface area contributed by atoms with E-state index in [0.717, 1.165) is 12.1 Å². The molecule has 6 heteroatoms. The van der Waals surface area contributed by atoms with Crippen molar-refractivity contribution in [3.8, 4) is 0 Å². The van der Waals surface area contributed by atoms with E-state index in [1.807, 2.05) is 24.3 Å². The number of aromatic nitrogens is 1. The predicted molar refractivity (Wildman–Crippen MR) is 106 cm³/mol. The lowest BCUT2D eigenvalue weighted by atomic mass is 10.2. The summed E-state index contributed by atoms with van der Waals surface area (Å²) in [5.41, 5.74) is 4.01. The predicted octanol–water partition coefficient (Wildman–Crippen LogP) is 5.33. The number of nitrogens with zero attached hydrogens (tertiary/aromatic N) is 2. The van der Waals surface area contributed by atoms with Crippen LogP contribution in [0.5, 0.6) is 0 Å². The number of nitrogens with one attached hydrogen (secondary N) is 1. The van der Waals surface area contributed by atoms with Crippen molar-refractivity contribution in [2.24, 2.45) is 0 Å². The quantitative estimate of drug-likeness (QED) is 0.664. The van der Waals surface area contributed by atoms with E-state index < -0.39 is 0 Å². The van der Waals surface area contributed by atoms with E-state index >= 15 is 0 Å². The minimum Gasteiger partial charge on any atom is -0.353 e. The van der Waals surface area contributed by atoms with Crippen molar-refractivity contribution in [3.05, 3.63) is 82.1 Å². The molecule has 4 rings (SSSR count). The second-order valence-corrected chi connectivity index (χ2v) is 6.81. The fourth-order valence-electron chi connectivity index (χ4n) is 3.09.